The molecule has 14 heavy (non-hydrogen) atoms. The lowest BCUT2D eigenvalue weighted by atomic mass is 10.3. The fraction of sp³-hybridized carbons (Fsp3) is 0.625. The highest BCUT2D eigenvalue weighted by molar-refractivity contribution is 5.64. The van der Waals surface area contributed by atoms with Gasteiger partial charge in [0.15, 0.2) is 6.29 Å². The van der Waals surface area contributed by atoms with Crippen molar-refractivity contribution in [1.29, 1.82) is 0 Å². The summed E-state index contributed by atoms with van der Waals surface area (Å²) >= 11 is 0. The molecule has 1 amide bonds. The number of nitrogens with one attached hydrogen (secondary N) is 1. The minimum atomic E-state index is -1.13. The number of amides is 1. The van der Waals surface area contributed by atoms with Crippen molar-refractivity contribution < 1.29 is 24.1 Å². The van der Waals surface area contributed by atoms with Gasteiger partial charge in [0.25, 0.3) is 0 Å². The van der Waals surface area contributed by atoms with Crippen LogP contribution in [-0.4, -0.2) is 44.0 Å². The van der Waals surface area contributed by atoms with Crippen LogP contribution in [0.5, 0.6) is 0 Å². The van der Waals surface area contributed by atoms with Gasteiger partial charge in [0.2, 0.25) is 5.79 Å². The first-order valence-corrected chi connectivity index (χ1v) is 4.04. The molecule has 0 bridgehead atoms. The molecule has 80 valence electrons. The highest BCUT2D eigenvalue weighted by atomic mass is 16.8. The van der Waals surface area contributed by atoms with Gasteiger partial charge < -0.3 is 24.6 Å². The molecule has 1 aliphatic rings. The summed E-state index contributed by atoms with van der Waals surface area (Å²) < 4.78 is 15.3. The van der Waals surface area contributed by atoms with E-state index in [1.807, 2.05) is 0 Å². The predicted octanol–water partition coefficient (Wildman–Crippen LogP) is 0.156. The molecule has 6 nitrogen and oxygen atoms in total. The minimum Gasteiger partial charge on any atom is -0.465 e. The predicted molar refractivity (Wildman–Crippen MR) is 46.8 cm³/mol. The topological polar surface area (TPSA) is 77.0 Å². The van der Waals surface area contributed by atoms with Gasteiger partial charge >= 0.3 is 6.09 Å². The van der Waals surface area contributed by atoms with E-state index in [1.165, 1.54) is 14.2 Å². The lowest BCUT2D eigenvalue weighted by Crippen LogP contribution is -2.44. The van der Waals surface area contributed by atoms with Crippen LogP contribution in [0, 0.1) is 0 Å². The van der Waals surface area contributed by atoms with Gasteiger partial charge in [0.05, 0.1) is 6.54 Å². The van der Waals surface area contributed by atoms with Gasteiger partial charge in [-0.2, -0.15) is 0 Å². The van der Waals surface area contributed by atoms with Crippen molar-refractivity contribution in [2.75, 3.05) is 20.8 Å². The Morgan fingerprint density at radius 1 is 1.71 bits per heavy atom. The van der Waals surface area contributed by atoms with Crippen molar-refractivity contribution in [3.05, 3.63) is 12.2 Å². The van der Waals surface area contributed by atoms with Crippen LogP contribution in [-0.2, 0) is 14.2 Å². The molecular weight excluding hydrogens is 190 g/mol. The Bertz CT molecular complexity index is 242. The van der Waals surface area contributed by atoms with Gasteiger partial charge in [0.1, 0.15) is 0 Å². The van der Waals surface area contributed by atoms with Crippen molar-refractivity contribution in [2.24, 2.45) is 0 Å². The minimum absolute atomic E-state index is 0.0230. The first kappa shape index (κ1) is 11.0. The van der Waals surface area contributed by atoms with Gasteiger partial charge in [-0.25, -0.2) is 4.79 Å². The SMILES string of the molecule is COC1C=CC(CNC(=O)O)(OC)O1. The maximum absolute atomic E-state index is 10.3. The number of rotatable bonds is 4. The van der Waals surface area contributed by atoms with Gasteiger partial charge in [-0.15, -0.1) is 0 Å². The van der Waals surface area contributed by atoms with Crippen LogP contribution in [0.15, 0.2) is 12.2 Å². The maximum Gasteiger partial charge on any atom is 0.404 e. The third-order valence-corrected chi connectivity index (χ3v) is 1.89. The van der Waals surface area contributed by atoms with Gasteiger partial charge in [-0.05, 0) is 12.2 Å². The van der Waals surface area contributed by atoms with E-state index in [0.29, 0.717) is 0 Å². The van der Waals surface area contributed by atoms with Crippen LogP contribution >= 0.6 is 0 Å². The highest BCUT2D eigenvalue weighted by Crippen LogP contribution is 2.23. The number of carbonyl (C=O) groups is 1. The molecule has 0 spiro atoms. The highest BCUT2D eigenvalue weighted by Gasteiger charge is 2.36. The van der Waals surface area contributed by atoms with Crippen LogP contribution < -0.4 is 5.32 Å². The Hall–Kier alpha value is -1.11. The van der Waals surface area contributed by atoms with E-state index < -0.39 is 18.2 Å². The van der Waals surface area contributed by atoms with E-state index in [-0.39, 0.29) is 6.54 Å². The molecule has 1 heterocycles. The molecule has 0 fully saturated rings. The monoisotopic (exact) mass is 203 g/mol. The summed E-state index contributed by atoms with van der Waals surface area (Å²) in [5.74, 6) is -1.06. The first-order valence-electron chi connectivity index (χ1n) is 4.04. The fourth-order valence-corrected chi connectivity index (χ4v) is 1.11. The van der Waals surface area contributed by atoms with Crippen LogP contribution in [0.1, 0.15) is 0 Å². The molecule has 1 rings (SSSR count). The maximum atomic E-state index is 10.3. The molecule has 2 unspecified atom stereocenters. The van der Waals surface area contributed by atoms with Crippen molar-refractivity contribution in [1.82, 2.24) is 5.32 Å². The van der Waals surface area contributed by atoms with Crippen molar-refractivity contribution >= 4 is 6.09 Å². The third-order valence-electron chi connectivity index (χ3n) is 1.89. The summed E-state index contributed by atoms with van der Waals surface area (Å²) in [6.45, 7) is 0.0230. The fourth-order valence-electron chi connectivity index (χ4n) is 1.11. The van der Waals surface area contributed by atoms with Crippen LogP contribution in [0.2, 0.25) is 0 Å². The second-order valence-corrected chi connectivity index (χ2v) is 2.76. The molecule has 0 aromatic carbocycles. The summed E-state index contributed by atoms with van der Waals surface area (Å²) in [5.41, 5.74) is 0. The second-order valence-electron chi connectivity index (χ2n) is 2.76. The number of carboxylic acid groups (broad SMARTS) is 1. The van der Waals surface area contributed by atoms with Crippen LogP contribution in [0.25, 0.3) is 0 Å². The normalized spacial score (nSPS) is 30.6. The summed E-state index contributed by atoms with van der Waals surface area (Å²) in [7, 11) is 2.93. The lowest BCUT2D eigenvalue weighted by Gasteiger charge is -2.26. The Morgan fingerprint density at radius 3 is 2.86 bits per heavy atom. The van der Waals surface area contributed by atoms with Crippen LogP contribution in [0.4, 0.5) is 4.79 Å². The van der Waals surface area contributed by atoms with Crippen molar-refractivity contribution in [3.63, 3.8) is 0 Å². The average molecular weight is 203 g/mol. The number of hydrogen-bond donors (Lipinski definition) is 2. The number of methoxy groups -OCH3 is 2. The van der Waals surface area contributed by atoms with E-state index in [2.05, 4.69) is 5.32 Å². The molecule has 0 aliphatic carbocycles. The van der Waals surface area contributed by atoms with E-state index in [9.17, 15) is 4.79 Å². The molecular formula is C8H13NO5. The van der Waals surface area contributed by atoms with Crippen molar-refractivity contribution in [2.45, 2.75) is 12.1 Å². The van der Waals surface area contributed by atoms with E-state index in [1.54, 1.807) is 12.2 Å². The number of ether oxygens (including phenoxy) is 3. The first-order chi connectivity index (χ1) is 6.62. The largest absolute Gasteiger partial charge is 0.465 e. The number of hydrogen-bond acceptors (Lipinski definition) is 4. The molecule has 0 aromatic rings. The Morgan fingerprint density at radius 2 is 2.43 bits per heavy atom. The second kappa shape index (κ2) is 4.41. The summed E-state index contributed by atoms with van der Waals surface area (Å²) in [6, 6.07) is 0. The molecule has 0 saturated carbocycles. The molecule has 6 heteroatoms. The Balaban J connectivity index is 2.52. The zero-order chi connectivity index (χ0) is 10.6. The summed E-state index contributed by atoms with van der Waals surface area (Å²) in [6.07, 6.45) is 1.66. The molecule has 2 N–H and O–H groups in total. The van der Waals surface area contributed by atoms with E-state index in [4.69, 9.17) is 19.3 Å². The van der Waals surface area contributed by atoms with Crippen molar-refractivity contribution in [3.8, 4) is 0 Å². The molecule has 2 atom stereocenters. The average Bonchev–Trinajstić information content (AvgIpc) is 2.59. The van der Waals surface area contributed by atoms with E-state index >= 15 is 0 Å². The van der Waals surface area contributed by atoms with Gasteiger partial charge in [-0.3, -0.25) is 0 Å². The standard InChI is InChI=1S/C8H13NO5/c1-12-6-3-4-8(13-2,14-6)5-9-7(10)11/h3-4,6,9H,5H2,1-2H3,(H,10,11). The Labute approximate surface area is 81.4 Å². The quantitative estimate of drug-likeness (QED) is 0.636. The molecule has 0 saturated heterocycles. The summed E-state index contributed by atoms with van der Waals surface area (Å²) in [5, 5.41) is 10.6. The zero-order valence-corrected chi connectivity index (χ0v) is 8.02. The lowest BCUT2D eigenvalue weighted by molar-refractivity contribution is -0.238. The summed E-state index contributed by atoms with van der Waals surface area (Å²) in [4.78, 5) is 10.3. The van der Waals surface area contributed by atoms with Gasteiger partial charge in [0, 0.05) is 14.2 Å². The van der Waals surface area contributed by atoms with E-state index in [0.717, 1.165) is 0 Å². The third kappa shape index (κ3) is 2.44. The van der Waals surface area contributed by atoms with Crippen LogP contribution in [0.3, 0.4) is 0 Å². The smallest absolute Gasteiger partial charge is 0.404 e. The Kier molecular flexibility index (Phi) is 3.45. The van der Waals surface area contributed by atoms with Gasteiger partial charge in [-0.1, -0.05) is 0 Å². The molecule has 0 aromatic heterocycles. The molecule has 1 aliphatic heterocycles. The zero-order valence-electron chi connectivity index (χ0n) is 8.02. The molecule has 0 radical (unpaired) electrons.